The molecule has 4 nitrogen and oxygen atoms in total. The fraction of sp³-hybridized carbons (Fsp3) is 0.263. The van der Waals surface area contributed by atoms with Gasteiger partial charge in [-0.25, -0.2) is 0 Å². The number of ether oxygens (including phenoxy) is 1. The van der Waals surface area contributed by atoms with Crippen molar-refractivity contribution in [3.05, 3.63) is 64.7 Å². The molecule has 2 aromatic rings. The SMILES string of the molecule is O=C1CC2(CCN(C(=O)c3cccc(Cl)c3)C2)Oc2ccccc21. The van der Waals surface area contributed by atoms with E-state index in [-0.39, 0.29) is 11.7 Å². The summed E-state index contributed by atoms with van der Waals surface area (Å²) in [6.45, 7) is 0.985. The van der Waals surface area contributed by atoms with Gasteiger partial charge in [0.1, 0.15) is 11.4 Å². The third kappa shape index (κ3) is 2.57. The fourth-order valence-corrected chi connectivity index (χ4v) is 3.68. The molecular weight excluding hydrogens is 326 g/mol. The van der Waals surface area contributed by atoms with Gasteiger partial charge >= 0.3 is 0 Å². The summed E-state index contributed by atoms with van der Waals surface area (Å²) in [5.41, 5.74) is 0.574. The smallest absolute Gasteiger partial charge is 0.254 e. The lowest BCUT2D eigenvalue weighted by Crippen LogP contribution is -2.45. The van der Waals surface area contributed by atoms with E-state index in [9.17, 15) is 9.59 Å². The minimum Gasteiger partial charge on any atom is -0.484 e. The Bertz CT molecular complexity index is 835. The largest absolute Gasteiger partial charge is 0.484 e. The molecule has 2 aliphatic rings. The third-order valence-electron chi connectivity index (χ3n) is 4.67. The molecule has 0 N–H and O–H groups in total. The van der Waals surface area contributed by atoms with Gasteiger partial charge < -0.3 is 9.64 Å². The molecule has 24 heavy (non-hydrogen) atoms. The molecule has 2 heterocycles. The van der Waals surface area contributed by atoms with Gasteiger partial charge in [0, 0.05) is 23.6 Å². The molecule has 0 bridgehead atoms. The Morgan fingerprint density at radius 2 is 2.00 bits per heavy atom. The molecule has 2 aliphatic heterocycles. The third-order valence-corrected chi connectivity index (χ3v) is 4.91. The number of ketones is 1. The molecule has 4 rings (SSSR count). The lowest BCUT2D eigenvalue weighted by Gasteiger charge is -2.34. The van der Waals surface area contributed by atoms with E-state index in [0.717, 1.165) is 0 Å². The van der Waals surface area contributed by atoms with Crippen molar-refractivity contribution in [2.75, 3.05) is 13.1 Å². The van der Waals surface area contributed by atoms with Crippen molar-refractivity contribution >= 4 is 23.3 Å². The molecule has 0 saturated carbocycles. The predicted octanol–water partition coefficient (Wildman–Crippen LogP) is 3.59. The van der Waals surface area contributed by atoms with Gasteiger partial charge in [0.05, 0.1) is 18.5 Å². The normalized spacial score (nSPS) is 22.4. The molecule has 1 atom stereocenters. The summed E-state index contributed by atoms with van der Waals surface area (Å²) in [5, 5.41) is 0.535. The van der Waals surface area contributed by atoms with E-state index >= 15 is 0 Å². The number of likely N-dealkylation sites (tertiary alicyclic amines) is 1. The van der Waals surface area contributed by atoms with E-state index < -0.39 is 5.60 Å². The van der Waals surface area contributed by atoms with Crippen LogP contribution in [0.4, 0.5) is 0 Å². The summed E-state index contributed by atoms with van der Waals surface area (Å²) in [6.07, 6.45) is 0.961. The maximum atomic E-state index is 12.7. The van der Waals surface area contributed by atoms with Gasteiger partial charge in [-0.2, -0.15) is 0 Å². The van der Waals surface area contributed by atoms with Gasteiger partial charge in [0.2, 0.25) is 0 Å². The number of rotatable bonds is 1. The minimum atomic E-state index is -0.611. The zero-order valence-corrected chi connectivity index (χ0v) is 13.8. The number of hydrogen-bond donors (Lipinski definition) is 0. The Morgan fingerprint density at radius 1 is 1.17 bits per heavy atom. The predicted molar refractivity (Wildman–Crippen MR) is 90.7 cm³/mol. The number of amides is 1. The van der Waals surface area contributed by atoms with E-state index in [0.29, 0.717) is 47.8 Å². The van der Waals surface area contributed by atoms with Gasteiger partial charge in [-0.15, -0.1) is 0 Å². The lowest BCUT2D eigenvalue weighted by atomic mass is 9.89. The van der Waals surface area contributed by atoms with Gasteiger partial charge in [0.15, 0.2) is 5.78 Å². The van der Waals surface area contributed by atoms with Crippen molar-refractivity contribution in [1.82, 2.24) is 4.90 Å². The molecule has 122 valence electrons. The number of benzene rings is 2. The van der Waals surface area contributed by atoms with Crippen LogP contribution in [-0.4, -0.2) is 35.3 Å². The maximum absolute atomic E-state index is 12.7. The summed E-state index contributed by atoms with van der Waals surface area (Å²) in [7, 11) is 0. The molecule has 5 heteroatoms. The Balaban J connectivity index is 1.57. The Morgan fingerprint density at radius 3 is 2.83 bits per heavy atom. The Labute approximate surface area is 145 Å². The Kier molecular flexibility index (Phi) is 3.57. The Hall–Kier alpha value is -2.33. The minimum absolute atomic E-state index is 0.0777. The summed E-state index contributed by atoms with van der Waals surface area (Å²) in [4.78, 5) is 26.9. The average molecular weight is 342 g/mol. The molecule has 1 spiro atoms. The molecule has 2 aromatic carbocycles. The van der Waals surface area contributed by atoms with Crippen molar-refractivity contribution in [2.45, 2.75) is 18.4 Å². The van der Waals surface area contributed by atoms with Crippen LogP contribution in [0.15, 0.2) is 48.5 Å². The lowest BCUT2D eigenvalue weighted by molar-refractivity contribution is 0.0428. The molecule has 1 fully saturated rings. The molecule has 0 aliphatic carbocycles. The highest BCUT2D eigenvalue weighted by molar-refractivity contribution is 6.30. The van der Waals surface area contributed by atoms with Crippen LogP contribution in [0.5, 0.6) is 5.75 Å². The van der Waals surface area contributed by atoms with Crippen molar-refractivity contribution in [1.29, 1.82) is 0 Å². The first kappa shape index (κ1) is 15.2. The van der Waals surface area contributed by atoms with Gasteiger partial charge in [0.25, 0.3) is 5.91 Å². The van der Waals surface area contributed by atoms with Crippen LogP contribution in [0.3, 0.4) is 0 Å². The number of nitrogens with zero attached hydrogens (tertiary/aromatic N) is 1. The van der Waals surface area contributed by atoms with Gasteiger partial charge in [-0.3, -0.25) is 9.59 Å². The van der Waals surface area contributed by atoms with Gasteiger partial charge in [-0.05, 0) is 30.3 Å². The monoisotopic (exact) mass is 341 g/mol. The molecular formula is C19H16ClNO3. The highest BCUT2D eigenvalue weighted by Crippen LogP contribution is 2.38. The molecule has 0 aromatic heterocycles. The van der Waals surface area contributed by atoms with Crippen molar-refractivity contribution < 1.29 is 14.3 Å². The number of carbonyl (C=O) groups is 2. The number of fused-ring (bicyclic) bond motifs is 1. The zero-order chi connectivity index (χ0) is 16.7. The number of para-hydroxylation sites is 1. The first-order valence-electron chi connectivity index (χ1n) is 7.92. The van der Waals surface area contributed by atoms with Crippen LogP contribution >= 0.6 is 11.6 Å². The highest BCUT2D eigenvalue weighted by atomic mass is 35.5. The van der Waals surface area contributed by atoms with Crippen molar-refractivity contribution in [3.8, 4) is 5.75 Å². The second-order valence-electron chi connectivity index (χ2n) is 6.37. The number of carbonyl (C=O) groups excluding carboxylic acids is 2. The van der Waals surface area contributed by atoms with Crippen LogP contribution in [0, 0.1) is 0 Å². The van der Waals surface area contributed by atoms with Crippen LogP contribution in [-0.2, 0) is 0 Å². The van der Waals surface area contributed by atoms with Crippen molar-refractivity contribution in [2.24, 2.45) is 0 Å². The van der Waals surface area contributed by atoms with Gasteiger partial charge in [-0.1, -0.05) is 29.8 Å². The van der Waals surface area contributed by atoms with Crippen LogP contribution in [0.1, 0.15) is 33.6 Å². The molecule has 0 radical (unpaired) electrons. The summed E-state index contributed by atoms with van der Waals surface area (Å²) < 4.78 is 6.15. The number of halogens is 1. The average Bonchev–Trinajstić information content (AvgIpc) is 2.97. The second-order valence-corrected chi connectivity index (χ2v) is 6.80. The van der Waals surface area contributed by atoms with Crippen LogP contribution in [0.25, 0.3) is 0 Å². The van der Waals surface area contributed by atoms with Crippen LogP contribution in [0.2, 0.25) is 5.02 Å². The first-order valence-corrected chi connectivity index (χ1v) is 8.30. The zero-order valence-electron chi connectivity index (χ0n) is 13.0. The highest BCUT2D eigenvalue weighted by Gasteiger charge is 2.46. The maximum Gasteiger partial charge on any atom is 0.254 e. The standard InChI is InChI=1S/C19H16ClNO3/c20-14-5-3-4-13(10-14)18(23)21-9-8-19(12-21)11-16(22)15-6-1-2-7-17(15)24-19/h1-7,10H,8-9,11-12H2. The topological polar surface area (TPSA) is 46.6 Å². The van der Waals surface area contributed by atoms with E-state index in [4.69, 9.17) is 16.3 Å². The van der Waals surface area contributed by atoms with E-state index in [2.05, 4.69) is 0 Å². The van der Waals surface area contributed by atoms with Crippen molar-refractivity contribution in [3.63, 3.8) is 0 Å². The van der Waals surface area contributed by atoms with Crippen LogP contribution < -0.4 is 4.74 Å². The second kappa shape index (κ2) is 5.64. The summed E-state index contributed by atoms with van der Waals surface area (Å²) >= 11 is 5.97. The number of hydrogen-bond acceptors (Lipinski definition) is 3. The molecule has 1 amide bonds. The fourth-order valence-electron chi connectivity index (χ4n) is 3.49. The van der Waals surface area contributed by atoms with E-state index in [1.807, 2.05) is 18.2 Å². The van der Waals surface area contributed by atoms with E-state index in [1.165, 1.54) is 0 Å². The molecule has 1 unspecified atom stereocenters. The summed E-state index contributed by atoms with van der Waals surface area (Å²) in [5.74, 6) is 0.615. The quantitative estimate of drug-likeness (QED) is 0.796. The first-order chi connectivity index (χ1) is 11.6. The molecule has 1 saturated heterocycles. The van der Waals surface area contributed by atoms with E-state index in [1.54, 1.807) is 35.2 Å². The number of Topliss-reactive ketones (excluding diaryl/α,β-unsaturated/α-hetero) is 1. The summed E-state index contributed by atoms with van der Waals surface area (Å²) in [6, 6.07) is 14.2.